The summed E-state index contributed by atoms with van der Waals surface area (Å²) in [5, 5.41) is 1.07. The van der Waals surface area contributed by atoms with Crippen molar-refractivity contribution in [2.75, 3.05) is 13.0 Å². The second kappa shape index (κ2) is 6.03. The second-order valence-corrected chi connectivity index (χ2v) is 6.44. The summed E-state index contributed by atoms with van der Waals surface area (Å²) in [6.07, 6.45) is 2.63. The van der Waals surface area contributed by atoms with Crippen LogP contribution in [-0.4, -0.2) is 27.5 Å². The quantitative estimate of drug-likeness (QED) is 0.674. The number of hydrogen-bond donors (Lipinski definition) is 0. The van der Waals surface area contributed by atoms with Gasteiger partial charge in [0.15, 0.2) is 0 Å². The van der Waals surface area contributed by atoms with Crippen molar-refractivity contribution in [3.05, 3.63) is 40.1 Å². The van der Waals surface area contributed by atoms with Gasteiger partial charge in [-0.1, -0.05) is 6.07 Å². The van der Waals surface area contributed by atoms with Crippen molar-refractivity contribution in [2.24, 2.45) is 0 Å². The summed E-state index contributed by atoms with van der Waals surface area (Å²) in [7, 11) is 1.67. The van der Waals surface area contributed by atoms with E-state index in [0.717, 1.165) is 34.0 Å². The Morgan fingerprint density at radius 3 is 2.90 bits per heavy atom. The number of alkyl halides is 1. The third kappa shape index (κ3) is 2.76. The number of para-hydroxylation sites is 1. The molecule has 0 atom stereocenters. The van der Waals surface area contributed by atoms with Crippen LogP contribution in [0.15, 0.2) is 24.4 Å². The lowest BCUT2D eigenvalue weighted by atomic mass is 10.3. The van der Waals surface area contributed by atoms with Gasteiger partial charge in [0.1, 0.15) is 22.1 Å². The Kier molecular flexibility index (Phi) is 4.12. The SMILES string of the molecule is COc1cccc2c1nc(CCCl)n2Cc1ncc(C)s1. The zero-order valence-electron chi connectivity index (χ0n) is 12.0. The molecule has 4 nitrogen and oxygen atoms in total. The first-order valence-corrected chi connectivity index (χ1v) is 8.07. The number of benzene rings is 1. The highest BCUT2D eigenvalue weighted by Crippen LogP contribution is 2.27. The fourth-order valence-electron chi connectivity index (χ4n) is 2.40. The number of rotatable bonds is 5. The molecule has 2 heterocycles. The molecule has 1 aromatic carbocycles. The molecule has 2 aromatic heterocycles. The summed E-state index contributed by atoms with van der Waals surface area (Å²) < 4.78 is 7.59. The number of nitrogens with zero attached hydrogens (tertiary/aromatic N) is 3. The number of aryl methyl sites for hydroxylation is 2. The van der Waals surface area contributed by atoms with Crippen molar-refractivity contribution >= 4 is 34.0 Å². The van der Waals surface area contributed by atoms with Crippen molar-refractivity contribution in [3.63, 3.8) is 0 Å². The van der Waals surface area contributed by atoms with E-state index in [1.54, 1.807) is 18.4 Å². The number of methoxy groups -OCH3 is 1. The molecular weight excluding hydrogens is 306 g/mol. The highest BCUT2D eigenvalue weighted by molar-refractivity contribution is 7.11. The van der Waals surface area contributed by atoms with Crippen molar-refractivity contribution in [1.82, 2.24) is 14.5 Å². The summed E-state index contributed by atoms with van der Waals surface area (Å²) >= 11 is 7.63. The van der Waals surface area contributed by atoms with E-state index in [9.17, 15) is 0 Å². The van der Waals surface area contributed by atoms with Gasteiger partial charge in [0.25, 0.3) is 0 Å². The normalized spacial score (nSPS) is 11.2. The second-order valence-electron chi connectivity index (χ2n) is 4.75. The molecule has 0 fully saturated rings. The number of thiazole rings is 1. The number of aromatic nitrogens is 3. The Morgan fingerprint density at radius 2 is 2.24 bits per heavy atom. The van der Waals surface area contributed by atoms with Gasteiger partial charge in [-0.3, -0.25) is 0 Å². The van der Waals surface area contributed by atoms with Gasteiger partial charge < -0.3 is 9.30 Å². The number of hydrogen-bond acceptors (Lipinski definition) is 4. The number of imidazole rings is 1. The fraction of sp³-hybridized carbons (Fsp3) is 0.333. The summed E-state index contributed by atoms with van der Waals surface area (Å²) in [4.78, 5) is 10.4. The van der Waals surface area contributed by atoms with E-state index in [4.69, 9.17) is 21.3 Å². The third-order valence-electron chi connectivity index (χ3n) is 3.32. The van der Waals surface area contributed by atoms with Crippen LogP contribution in [0.1, 0.15) is 15.7 Å². The van der Waals surface area contributed by atoms with E-state index in [0.29, 0.717) is 12.4 Å². The maximum absolute atomic E-state index is 5.92. The molecule has 110 valence electrons. The van der Waals surface area contributed by atoms with Crippen molar-refractivity contribution in [1.29, 1.82) is 0 Å². The minimum absolute atomic E-state index is 0.544. The molecule has 0 amide bonds. The van der Waals surface area contributed by atoms with Crippen LogP contribution >= 0.6 is 22.9 Å². The fourth-order valence-corrected chi connectivity index (χ4v) is 3.34. The molecule has 3 rings (SSSR count). The van der Waals surface area contributed by atoms with Crippen LogP contribution in [-0.2, 0) is 13.0 Å². The van der Waals surface area contributed by atoms with E-state index >= 15 is 0 Å². The molecule has 0 bridgehead atoms. The van der Waals surface area contributed by atoms with E-state index in [1.165, 1.54) is 4.88 Å². The van der Waals surface area contributed by atoms with E-state index in [-0.39, 0.29) is 0 Å². The van der Waals surface area contributed by atoms with Crippen LogP contribution in [0.4, 0.5) is 0 Å². The van der Waals surface area contributed by atoms with Crippen LogP contribution in [0.5, 0.6) is 5.75 Å². The molecular formula is C15H16ClN3OS. The van der Waals surface area contributed by atoms with Crippen molar-refractivity contribution in [3.8, 4) is 5.75 Å². The predicted molar refractivity (Wildman–Crippen MR) is 86.7 cm³/mol. The standard InChI is InChI=1S/C15H16ClN3OS/c1-10-8-17-14(21-10)9-19-11-4-3-5-12(20-2)15(11)18-13(19)6-7-16/h3-5,8H,6-7,9H2,1-2H3. The first-order valence-electron chi connectivity index (χ1n) is 6.72. The predicted octanol–water partition coefficient (Wildman–Crippen LogP) is 3.64. The van der Waals surface area contributed by atoms with Gasteiger partial charge in [-0.05, 0) is 19.1 Å². The summed E-state index contributed by atoms with van der Waals surface area (Å²) in [5.74, 6) is 2.30. The Morgan fingerprint density at radius 1 is 1.38 bits per heavy atom. The molecule has 0 unspecified atom stereocenters. The number of ether oxygens (including phenoxy) is 1. The maximum atomic E-state index is 5.92. The third-order valence-corrected chi connectivity index (χ3v) is 4.41. The minimum Gasteiger partial charge on any atom is -0.494 e. The first kappa shape index (κ1) is 14.4. The number of fused-ring (bicyclic) bond motifs is 1. The average Bonchev–Trinajstić information content (AvgIpc) is 3.04. The molecule has 0 saturated heterocycles. The van der Waals surface area contributed by atoms with Gasteiger partial charge in [-0.15, -0.1) is 22.9 Å². The maximum Gasteiger partial charge on any atom is 0.146 e. The van der Waals surface area contributed by atoms with Crippen molar-refractivity contribution in [2.45, 2.75) is 19.9 Å². The Labute approximate surface area is 132 Å². The molecule has 0 saturated carbocycles. The highest BCUT2D eigenvalue weighted by Gasteiger charge is 2.15. The van der Waals surface area contributed by atoms with Gasteiger partial charge in [-0.2, -0.15) is 0 Å². The molecule has 0 aliphatic rings. The minimum atomic E-state index is 0.544. The molecule has 6 heteroatoms. The van der Waals surface area contributed by atoms with Crippen LogP contribution in [0.25, 0.3) is 11.0 Å². The molecule has 0 N–H and O–H groups in total. The van der Waals surface area contributed by atoms with E-state index < -0.39 is 0 Å². The largest absolute Gasteiger partial charge is 0.494 e. The summed E-state index contributed by atoms with van der Waals surface area (Å²) in [6.45, 7) is 2.78. The molecule has 0 aliphatic carbocycles. The van der Waals surface area contributed by atoms with E-state index in [1.807, 2.05) is 18.3 Å². The smallest absolute Gasteiger partial charge is 0.146 e. The van der Waals surface area contributed by atoms with Gasteiger partial charge >= 0.3 is 0 Å². The summed E-state index contributed by atoms with van der Waals surface area (Å²) in [6, 6.07) is 5.97. The lowest BCUT2D eigenvalue weighted by Gasteiger charge is -2.06. The lowest BCUT2D eigenvalue weighted by molar-refractivity contribution is 0.419. The topological polar surface area (TPSA) is 39.9 Å². The Bertz CT molecular complexity index is 765. The number of halogens is 1. The van der Waals surface area contributed by atoms with Crippen LogP contribution in [0.2, 0.25) is 0 Å². The zero-order chi connectivity index (χ0) is 14.8. The van der Waals surface area contributed by atoms with Gasteiger partial charge in [0.2, 0.25) is 0 Å². The van der Waals surface area contributed by atoms with Crippen LogP contribution < -0.4 is 4.74 Å². The van der Waals surface area contributed by atoms with Gasteiger partial charge in [0, 0.05) is 23.4 Å². The van der Waals surface area contributed by atoms with Crippen molar-refractivity contribution < 1.29 is 4.74 Å². The molecule has 21 heavy (non-hydrogen) atoms. The van der Waals surface area contributed by atoms with E-state index in [2.05, 4.69) is 22.5 Å². The average molecular weight is 322 g/mol. The van der Waals surface area contributed by atoms with Crippen LogP contribution in [0.3, 0.4) is 0 Å². The molecule has 3 aromatic rings. The lowest BCUT2D eigenvalue weighted by Crippen LogP contribution is -2.05. The van der Waals surface area contributed by atoms with Gasteiger partial charge in [0.05, 0.1) is 19.2 Å². The Balaban J connectivity index is 2.11. The Hall–Kier alpha value is -1.59. The zero-order valence-corrected chi connectivity index (χ0v) is 13.5. The highest BCUT2D eigenvalue weighted by atomic mass is 35.5. The first-order chi connectivity index (χ1) is 10.2. The molecule has 0 spiro atoms. The molecule has 0 radical (unpaired) electrons. The van der Waals surface area contributed by atoms with Gasteiger partial charge in [-0.25, -0.2) is 9.97 Å². The monoisotopic (exact) mass is 321 g/mol. The molecule has 0 aliphatic heterocycles. The summed E-state index contributed by atoms with van der Waals surface area (Å²) in [5.41, 5.74) is 1.94. The van der Waals surface area contributed by atoms with Crippen LogP contribution in [0, 0.1) is 6.92 Å².